The Hall–Kier alpha value is -2.07. The molecule has 1 atom stereocenters. The van der Waals surface area contributed by atoms with Crippen molar-refractivity contribution in [3.05, 3.63) is 36.4 Å². The molecule has 0 saturated heterocycles. The molecule has 3 rings (SSSR count). The Morgan fingerprint density at radius 3 is 2.95 bits per heavy atom. The summed E-state index contributed by atoms with van der Waals surface area (Å²) in [6, 6.07) is 11.9. The largest absolute Gasteiger partial charge is 0.478 e. The van der Waals surface area contributed by atoms with Gasteiger partial charge in [0.2, 0.25) is 0 Å². The zero-order chi connectivity index (χ0) is 13.2. The zero-order valence-electron chi connectivity index (χ0n) is 10.8. The molecule has 4 nitrogen and oxygen atoms in total. The van der Waals surface area contributed by atoms with E-state index in [0.717, 1.165) is 28.8 Å². The van der Waals surface area contributed by atoms with E-state index in [9.17, 15) is 4.79 Å². The number of anilines is 1. The van der Waals surface area contributed by atoms with Gasteiger partial charge in [0, 0.05) is 11.8 Å². The molecule has 0 radical (unpaired) electrons. The van der Waals surface area contributed by atoms with Crippen LogP contribution in [0.15, 0.2) is 36.4 Å². The minimum Gasteiger partial charge on any atom is -0.478 e. The van der Waals surface area contributed by atoms with E-state index in [0.29, 0.717) is 6.42 Å². The summed E-state index contributed by atoms with van der Waals surface area (Å²) >= 11 is 0. The first kappa shape index (κ1) is 12.0. The molecule has 1 aliphatic rings. The van der Waals surface area contributed by atoms with E-state index < -0.39 is 6.10 Å². The summed E-state index contributed by atoms with van der Waals surface area (Å²) in [7, 11) is 1.87. The average Bonchev–Trinajstić information content (AvgIpc) is 2.45. The van der Waals surface area contributed by atoms with Gasteiger partial charge in [0.15, 0.2) is 11.9 Å². The van der Waals surface area contributed by atoms with Crippen molar-refractivity contribution in [3.63, 3.8) is 0 Å². The second-order valence-electron chi connectivity index (χ2n) is 4.65. The van der Waals surface area contributed by atoms with Crippen LogP contribution in [0.4, 0.5) is 5.69 Å². The molecule has 98 valence electrons. The Morgan fingerprint density at radius 2 is 2.11 bits per heavy atom. The van der Waals surface area contributed by atoms with E-state index in [2.05, 4.69) is 10.6 Å². The van der Waals surface area contributed by atoms with Crippen LogP contribution < -0.4 is 15.4 Å². The van der Waals surface area contributed by atoms with Gasteiger partial charge in [-0.15, -0.1) is 0 Å². The van der Waals surface area contributed by atoms with Gasteiger partial charge in [-0.2, -0.15) is 0 Å². The summed E-state index contributed by atoms with van der Waals surface area (Å²) < 4.78 is 5.91. The average molecular weight is 256 g/mol. The topological polar surface area (TPSA) is 50.4 Å². The summed E-state index contributed by atoms with van der Waals surface area (Å²) in [5, 5.41) is 8.11. The van der Waals surface area contributed by atoms with Gasteiger partial charge in [0.1, 0.15) is 0 Å². The highest BCUT2D eigenvalue weighted by Crippen LogP contribution is 2.37. The van der Waals surface area contributed by atoms with Crippen molar-refractivity contribution in [3.8, 4) is 5.75 Å². The first-order valence-electron chi connectivity index (χ1n) is 6.43. The smallest absolute Gasteiger partial charge is 0.265 e. The fourth-order valence-electron chi connectivity index (χ4n) is 2.34. The van der Waals surface area contributed by atoms with Crippen LogP contribution in [0, 0.1) is 0 Å². The molecule has 1 unspecified atom stereocenters. The van der Waals surface area contributed by atoms with Crippen molar-refractivity contribution < 1.29 is 9.53 Å². The third-order valence-corrected chi connectivity index (χ3v) is 3.35. The monoisotopic (exact) mass is 256 g/mol. The normalized spacial score (nSPS) is 17.7. The van der Waals surface area contributed by atoms with E-state index >= 15 is 0 Å². The van der Waals surface area contributed by atoms with Gasteiger partial charge in [0.25, 0.3) is 5.91 Å². The summed E-state index contributed by atoms with van der Waals surface area (Å²) in [6.07, 6.45) is 0.233. The molecule has 0 fully saturated rings. The molecule has 0 saturated carbocycles. The molecule has 1 aliphatic heterocycles. The fourth-order valence-corrected chi connectivity index (χ4v) is 2.34. The van der Waals surface area contributed by atoms with Crippen molar-refractivity contribution in [2.45, 2.75) is 12.5 Å². The summed E-state index contributed by atoms with van der Waals surface area (Å²) in [4.78, 5) is 11.9. The first-order valence-corrected chi connectivity index (χ1v) is 6.43. The number of rotatable bonds is 3. The lowest BCUT2D eigenvalue weighted by Gasteiger charge is -2.27. The number of hydrogen-bond acceptors (Lipinski definition) is 3. The number of fused-ring (bicyclic) bond motifs is 3. The number of hydrogen-bond donors (Lipinski definition) is 2. The minimum atomic E-state index is -0.425. The summed E-state index contributed by atoms with van der Waals surface area (Å²) in [5.41, 5.74) is 0.754. The molecule has 2 N–H and O–H groups in total. The van der Waals surface area contributed by atoms with Crippen molar-refractivity contribution in [1.82, 2.24) is 5.32 Å². The number of ether oxygens (including phenoxy) is 1. The van der Waals surface area contributed by atoms with Gasteiger partial charge in [-0.3, -0.25) is 4.79 Å². The standard InChI is InChI=1S/C15H16N2O2/c1-16-9-8-13-15(18)17-12-7-6-10-4-2-3-5-11(10)14(12)19-13/h2-7,13,16H,8-9H2,1H3,(H,17,18). The Bertz CT molecular complexity index is 625. The van der Waals surface area contributed by atoms with E-state index in [-0.39, 0.29) is 5.91 Å². The van der Waals surface area contributed by atoms with Crippen LogP contribution >= 0.6 is 0 Å². The van der Waals surface area contributed by atoms with E-state index in [1.54, 1.807) is 0 Å². The van der Waals surface area contributed by atoms with Gasteiger partial charge in [-0.05, 0) is 25.0 Å². The Labute approximate surface area is 111 Å². The summed E-state index contributed by atoms with van der Waals surface area (Å²) in [6.45, 7) is 0.748. The maximum atomic E-state index is 11.9. The highest BCUT2D eigenvalue weighted by atomic mass is 16.5. The van der Waals surface area contributed by atoms with E-state index in [1.807, 2.05) is 43.4 Å². The van der Waals surface area contributed by atoms with Crippen LogP contribution in [0.25, 0.3) is 10.8 Å². The van der Waals surface area contributed by atoms with Gasteiger partial charge < -0.3 is 15.4 Å². The predicted molar refractivity (Wildman–Crippen MR) is 75.5 cm³/mol. The molecule has 2 aromatic carbocycles. The van der Waals surface area contributed by atoms with Crippen LogP contribution in [0.2, 0.25) is 0 Å². The molecule has 1 amide bonds. The summed E-state index contributed by atoms with van der Waals surface area (Å²) in [5.74, 6) is 0.705. The van der Waals surface area contributed by atoms with E-state index in [4.69, 9.17) is 4.74 Å². The lowest BCUT2D eigenvalue weighted by molar-refractivity contribution is -0.123. The maximum Gasteiger partial charge on any atom is 0.265 e. The van der Waals surface area contributed by atoms with Crippen LogP contribution in [-0.2, 0) is 4.79 Å². The quantitative estimate of drug-likeness (QED) is 0.884. The fraction of sp³-hybridized carbons (Fsp3) is 0.267. The minimum absolute atomic E-state index is 0.0713. The Balaban J connectivity index is 2.01. The van der Waals surface area contributed by atoms with Gasteiger partial charge in [-0.1, -0.05) is 30.3 Å². The number of carbonyl (C=O) groups is 1. The van der Waals surface area contributed by atoms with Crippen molar-refractivity contribution in [2.75, 3.05) is 18.9 Å². The molecule has 4 heteroatoms. The highest BCUT2D eigenvalue weighted by molar-refractivity contribution is 6.03. The third-order valence-electron chi connectivity index (χ3n) is 3.35. The lowest BCUT2D eigenvalue weighted by Crippen LogP contribution is -2.38. The molecule has 1 heterocycles. The molecular formula is C15H16N2O2. The van der Waals surface area contributed by atoms with Gasteiger partial charge >= 0.3 is 0 Å². The Kier molecular flexibility index (Phi) is 3.09. The molecule has 0 aliphatic carbocycles. The number of benzene rings is 2. The zero-order valence-corrected chi connectivity index (χ0v) is 10.8. The number of amides is 1. The molecule has 0 aromatic heterocycles. The van der Waals surface area contributed by atoms with Crippen molar-refractivity contribution in [2.24, 2.45) is 0 Å². The van der Waals surface area contributed by atoms with Crippen molar-refractivity contribution >= 4 is 22.4 Å². The van der Waals surface area contributed by atoms with Crippen LogP contribution in [0.3, 0.4) is 0 Å². The van der Waals surface area contributed by atoms with Gasteiger partial charge in [-0.25, -0.2) is 0 Å². The van der Waals surface area contributed by atoms with Gasteiger partial charge in [0.05, 0.1) is 5.69 Å². The second-order valence-corrected chi connectivity index (χ2v) is 4.65. The SMILES string of the molecule is CNCCC1Oc2c(ccc3ccccc23)NC1=O. The predicted octanol–water partition coefficient (Wildman–Crippen LogP) is 2.15. The molecule has 2 aromatic rings. The first-order chi connectivity index (χ1) is 9.29. The second kappa shape index (κ2) is 4.90. The van der Waals surface area contributed by atoms with Crippen LogP contribution in [0.1, 0.15) is 6.42 Å². The third kappa shape index (κ3) is 2.15. The van der Waals surface area contributed by atoms with Crippen LogP contribution in [-0.4, -0.2) is 25.6 Å². The molecule has 0 bridgehead atoms. The number of carbonyl (C=O) groups excluding carboxylic acids is 1. The van der Waals surface area contributed by atoms with Crippen molar-refractivity contribution in [1.29, 1.82) is 0 Å². The van der Waals surface area contributed by atoms with E-state index in [1.165, 1.54) is 0 Å². The maximum absolute atomic E-state index is 11.9. The number of nitrogens with one attached hydrogen (secondary N) is 2. The Morgan fingerprint density at radius 1 is 1.26 bits per heavy atom. The lowest BCUT2D eigenvalue weighted by atomic mass is 10.1. The molecule has 19 heavy (non-hydrogen) atoms. The molecule has 0 spiro atoms. The molecular weight excluding hydrogens is 240 g/mol. The van der Waals surface area contributed by atoms with Crippen LogP contribution in [0.5, 0.6) is 5.75 Å². The highest BCUT2D eigenvalue weighted by Gasteiger charge is 2.28.